The molecular weight excluding hydrogens is 209 g/mol. The van der Waals surface area contributed by atoms with Gasteiger partial charge in [-0.3, -0.25) is 4.79 Å². The summed E-state index contributed by atoms with van der Waals surface area (Å²) in [5, 5.41) is 0.812. The summed E-state index contributed by atoms with van der Waals surface area (Å²) in [6.45, 7) is 0. The molecular formula is C12H8FNO2. The fourth-order valence-corrected chi connectivity index (χ4v) is 1.99. The van der Waals surface area contributed by atoms with Crippen LogP contribution in [0.5, 0.6) is 0 Å². The average molecular weight is 217 g/mol. The number of carbonyl (C=O) groups excluding carboxylic acids is 1. The number of carbonyl (C=O) groups is 1. The monoisotopic (exact) mass is 217 g/mol. The maximum Gasteiger partial charge on any atom is 0.166 e. The first-order valence-electron chi connectivity index (χ1n) is 4.83. The van der Waals surface area contributed by atoms with Gasteiger partial charge in [0.25, 0.3) is 0 Å². The van der Waals surface area contributed by atoms with E-state index in [-0.39, 0.29) is 5.82 Å². The summed E-state index contributed by atoms with van der Waals surface area (Å²) >= 11 is 0. The standard InChI is InChI=1S/C12H8FNO2/c1-14-8(6-15)5-11-12(14)9-3-2-7(13)4-10(9)16-11/h2-6H,1H3. The summed E-state index contributed by atoms with van der Waals surface area (Å²) in [5.41, 5.74) is 2.46. The fourth-order valence-electron chi connectivity index (χ4n) is 1.99. The third kappa shape index (κ3) is 1.04. The third-order valence-electron chi connectivity index (χ3n) is 2.77. The Morgan fingerprint density at radius 2 is 2.12 bits per heavy atom. The van der Waals surface area contributed by atoms with E-state index >= 15 is 0 Å². The molecule has 1 aromatic carbocycles. The van der Waals surface area contributed by atoms with Crippen LogP contribution < -0.4 is 0 Å². The van der Waals surface area contributed by atoms with Crippen molar-refractivity contribution in [3.63, 3.8) is 0 Å². The van der Waals surface area contributed by atoms with Crippen molar-refractivity contribution in [1.82, 2.24) is 4.57 Å². The highest BCUT2D eigenvalue weighted by molar-refractivity contribution is 6.05. The SMILES string of the molecule is Cn1c(C=O)cc2oc3cc(F)ccc3c21. The summed E-state index contributed by atoms with van der Waals surface area (Å²) in [6.07, 6.45) is 0.769. The zero-order chi connectivity index (χ0) is 11.3. The minimum Gasteiger partial charge on any atom is -0.454 e. The minimum atomic E-state index is -0.331. The molecule has 0 spiro atoms. The van der Waals surface area contributed by atoms with Gasteiger partial charge in [-0.05, 0) is 12.1 Å². The molecule has 3 rings (SSSR count). The summed E-state index contributed by atoms with van der Waals surface area (Å²) in [4.78, 5) is 10.8. The highest BCUT2D eigenvalue weighted by Gasteiger charge is 2.13. The lowest BCUT2D eigenvalue weighted by Gasteiger charge is -1.96. The molecule has 0 amide bonds. The number of aryl methyl sites for hydroxylation is 1. The average Bonchev–Trinajstić information content (AvgIpc) is 2.75. The van der Waals surface area contributed by atoms with Crippen LogP contribution in [0.2, 0.25) is 0 Å². The van der Waals surface area contributed by atoms with Crippen molar-refractivity contribution in [1.29, 1.82) is 0 Å². The number of rotatable bonds is 1. The van der Waals surface area contributed by atoms with Gasteiger partial charge in [-0.1, -0.05) is 0 Å². The molecule has 2 heterocycles. The van der Waals surface area contributed by atoms with Crippen molar-refractivity contribution in [3.8, 4) is 0 Å². The molecule has 4 heteroatoms. The molecule has 0 N–H and O–H groups in total. The number of fused-ring (bicyclic) bond motifs is 3. The normalized spacial score (nSPS) is 11.4. The number of halogens is 1. The largest absolute Gasteiger partial charge is 0.454 e. The van der Waals surface area contributed by atoms with Gasteiger partial charge >= 0.3 is 0 Å². The lowest BCUT2D eigenvalue weighted by Crippen LogP contribution is -1.93. The molecule has 0 radical (unpaired) electrons. The predicted octanol–water partition coefficient (Wildman–Crippen LogP) is 2.88. The van der Waals surface area contributed by atoms with Crippen molar-refractivity contribution < 1.29 is 13.6 Å². The van der Waals surface area contributed by atoms with Crippen molar-refractivity contribution in [2.45, 2.75) is 0 Å². The summed E-state index contributed by atoms with van der Waals surface area (Å²) in [6, 6.07) is 6.03. The molecule has 3 aromatic rings. The van der Waals surface area contributed by atoms with Gasteiger partial charge in [-0.2, -0.15) is 0 Å². The molecule has 0 aliphatic rings. The maximum absolute atomic E-state index is 13.0. The van der Waals surface area contributed by atoms with Gasteiger partial charge in [-0.15, -0.1) is 0 Å². The van der Waals surface area contributed by atoms with Gasteiger partial charge < -0.3 is 8.98 Å². The molecule has 0 atom stereocenters. The Morgan fingerprint density at radius 3 is 2.88 bits per heavy atom. The first kappa shape index (κ1) is 9.15. The second-order valence-electron chi connectivity index (χ2n) is 3.70. The number of aromatic nitrogens is 1. The van der Waals surface area contributed by atoms with Crippen molar-refractivity contribution in [2.75, 3.05) is 0 Å². The first-order chi connectivity index (χ1) is 7.70. The van der Waals surface area contributed by atoms with Crippen molar-refractivity contribution in [3.05, 3.63) is 35.8 Å². The third-order valence-corrected chi connectivity index (χ3v) is 2.77. The van der Waals surface area contributed by atoms with E-state index in [4.69, 9.17) is 4.42 Å². The Kier molecular flexibility index (Phi) is 1.68. The Balaban J connectivity index is 2.51. The number of hydrogen-bond acceptors (Lipinski definition) is 2. The van der Waals surface area contributed by atoms with E-state index < -0.39 is 0 Å². The van der Waals surface area contributed by atoms with E-state index in [1.54, 1.807) is 23.7 Å². The van der Waals surface area contributed by atoms with Crippen LogP contribution in [0.3, 0.4) is 0 Å². The van der Waals surface area contributed by atoms with E-state index in [0.717, 1.165) is 17.2 Å². The molecule has 0 unspecified atom stereocenters. The second kappa shape index (κ2) is 2.95. The lowest BCUT2D eigenvalue weighted by atomic mass is 10.2. The number of furan rings is 1. The molecule has 0 aliphatic heterocycles. The quantitative estimate of drug-likeness (QED) is 0.587. The minimum absolute atomic E-state index is 0.331. The topological polar surface area (TPSA) is 35.1 Å². The molecule has 0 fully saturated rings. The molecule has 2 aromatic heterocycles. The van der Waals surface area contributed by atoms with Gasteiger partial charge in [0.2, 0.25) is 0 Å². The predicted molar refractivity (Wildman–Crippen MR) is 58.0 cm³/mol. The molecule has 0 bridgehead atoms. The number of benzene rings is 1. The van der Waals surface area contributed by atoms with Gasteiger partial charge in [0.05, 0.1) is 11.2 Å². The molecule has 0 saturated carbocycles. The van der Waals surface area contributed by atoms with Crippen LogP contribution in [-0.2, 0) is 7.05 Å². The molecule has 16 heavy (non-hydrogen) atoms. The van der Waals surface area contributed by atoms with Crippen LogP contribution in [0.4, 0.5) is 4.39 Å². The smallest absolute Gasteiger partial charge is 0.166 e. The molecule has 0 aliphatic carbocycles. The summed E-state index contributed by atoms with van der Waals surface area (Å²) in [5.74, 6) is -0.331. The Labute approximate surface area is 90.1 Å². The molecule has 3 nitrogen and oxygen atoms in total. The van der Waals surface area contributed by atoms with Gasteiger partial charge in [0.15, 0.2) is 11.9 Å². The van der Waals surface area contributed by atoms with E-state index in [0.29, 0.717) is 16.9 Å². The zero-order valence-corrected chi connectivity index (χ0v) is 8.53. The van der Waals surface area contributed by atoms with Crippen LogP contribution in [0, 0.1) is 5.82 Å². The van der Waals surface area contributed by atoms with Crippen LogP contribution in [0.1, 0.15) is 10.5 Å². The number of hydrogen-bond donors (Lipinski definition) is 0. The Bertz CT molecular complexity index is 709. The second-order valence-corrected chi connectivity index (χ2v) is 3.70. The maximum atomic E-state index is 13.0. The van der Waals surface area contributed by atoms with Crippen molar-refractivity contribution in [2.24, 2.45) is 7.05 Å². The van der Waals surface area contributed by atoms with Gasteiger partial charge in [0.1, 0.15) is 11.4 Å². The van der Waals surface area contributed by atoms with E-state index in [1.165, 1.54) is 12.1 Å². The number of aldehydes is 1. The van der Waals surface area contributed by atoms with Crippen molar-refractivity contribution >= 4 is 28.4 Å². The van der Waals surface area contributed by atoms with E-state index in [1.807, 2.05) is 0 Å². The van der Waals surface area contributed by atoms with Crippen LogP contribution in [-0.4, -0.2) is 10.9 Å². The summed E-state index contributed by atoms with van der Waals surface area (Å²) in [7, 11) is 1.78. The fraction of sp³-hybridized carbons (Fsp3) is 0.0833. The Hall–Kier alpha value is -2.10. The van der Waals surface area contributed by atoms with Gasteiger partial charge in [-0.25, -0.2) is 4.39 Å². The van der Waals surface area contributed by atoms with Gasteiger partial charge in [0, 0.05) is 24.6 Å². The van der Waals surface area contributed by atoms with E-state index in [2.05, 4.69) is 0 Å². The van der Waals surface area contributed by atoms with E-state index in [9.17, 15) is 9.18 Å². The molecule has 80 valence electrons. The first-order valence-corrected chi connectivity index (χ1v) is 4.83. The van der Waals surface area contributed by atoms with Crippen LogP contribution in [0.25, 0.3) is 22.1 Å². The lowest BCUT2D eigenvalue weighted by molar-refractivity contribution is 0.111. The Morgan fingerprint density at radius 1 is 1.31 bits per heavy atom. The number of nitrogens with zero attached hydrogens (tertiary/aromatic N) is 1. The highest BCUT2D eigenvalue weighted by atomic mass is 19.1. The highest BCUT2D eigenvalue weighted by Crippen LogP contribution is 2.30. The zero-order valence-electron chi connectivity index (χ0n) is 8.53. The van der Waals surface area contributed by atoms with Crippen LogP contribution in [0.15, 0.2) is 28.7 Å². The molecule has 0 saturated heterocycles. The van der Waals surface area contributed by atoms with Crippen LogP contribution >= 0.6 is 0 Å². The summed E-state index contributed by atoms with van der Waals surface area (Å²) < 4.78 is 20.2.